The molecule has 0 saturated heterocycles. The maximum absolute atomic E-state index is 5.96. The van der Waals surface area contributed by atoms with Gasteiger partial charge in [0.1, 0.15) is 5.75 Å². The first kappa shape index (κ1) is 12.6. The number of aromatic nitrogens is 2. The highest BCUT2D eigenvalue weighted by Crippen LogP contribution is 2.29. The molecule has 2 rings (SSSR count). The first-order valence-electron chi connectivity index (χ1n) is 6.00. The lowest BCUT2D eigenvalue weighted by Crippen LogP contribution is -2.02. The van der Waals surface area contributed by atoms with Gasteiger partial charge in [-0.15, -0.1) is 0 Å². The first-order valence-corrected chi connectivity index (χ1v) is 6.00. The van der Waals surface area contributed by atoms with Crippen molar-refractivity contribution in [3.05, 3.63) is 40.6 Å². The molecule has 1 aromatic carbocycles. The molecule has 2 aromatic rings. The molecule has 0 fully saturated rings. The Bertz CT molecular complexity index is 573. The quantitative estimate of drug-likeness (QED) is 0.904. The molecule has 0 aliphatic rings. The van der Waals surface area contributed by atoms with Crippen LogP contribution in [0.3, 0.4) is 0 Å². The number of rotatable bonds is 3. The molecule has 0 atom stereocenters. The minimum atomic E-state index is 0.430. The molecule has 96 valence electrons. The van der Waals surface area contributed by atoms with Gasteiger partial charge in [0.05, 0.1) is 11.3 Å². The number of ether oxygens (including phenoxy) is 1. The maximum Gasteiger partial charge on any atom is 0.222 e. The topological polar surface area (TPSA) is 53.1 Å². The van der Waals surface area contributed by atoms with Crippen LogP contribution in [0.15, 0.2) is 18.2 Å². The predicted octanol–water partition coefficient (Wildman–Crippen LogP) is 2.60. The largest absolute Gasteiger partial charge is 0.439 e. The summed E-state index contributed by atoms with van der Waals surface area (Å²) in [5, 5.41) is 4.34. The fourth-order valence-corrected chi connectivity index (χ4v) is 2.06. The zero-order valence-corrected chi connectivity index (χ0v) is 11.3. The second-order valence-corrected chi connectivity index (χ2v) is 4.57. The number of nitrogens with zero attached hydrogens (tertiary/aromatic N) is 2. The summed E-state index contributed by atoms with van der Waals surface area (Å²) in [7, 11) is 1.87. The van der Waals surface area contributed by atoms with Crippen LogP contribution < -0.4 is 10.5 Å². The summed E-state index contributed by atoms with van der Waals surface area (Å²) in [5.41, 5.74) is 9.95. The normalized spacial score (nSPS) is 10.7. The van der Waals surface area contributed by atoms with E-state index in [1.807, 2.05) is 33.0 Å². The van der Waals surface area contributed by atoms with E-state index in [9.17, 15) is 0 Å². The van der Waals surface area contributed by atoms with Crippen molar-refractivity contribution in [3.63, 3.8) is 0 Å². The van der Waals surface area contributed by atoms with Gasteiger partial charge >= 0.3 is 0 Å². The van der Waals surface area contributed by atoms with Gasteiger partial charge in [-0.05, 0) is 32.4 Å². The monoisotopic (exact) mass is 245 g/mol. The third-order valence-electron chi connectivity index (χ3n) is 3.03. The summed E-state index contributed by atoms with van der Waals surface area (Å²) < 4.78 is 7.69. The van der Waals surface area contributed by atoms with E-state index in [1.54, 1.807) is 4.68 Å². The summed E-state index contributed by atoms with van der Waals surface area (Å²) in [5.74, 6) is 1.57. The highest BCUT2D eigenvalue weighted by atomic mass is 16.5. The van der Waals surface area contributed by atoms with Gasteiger partial charge in [-0.2, -0.15) is 5.10 Å². The van der Waals surface area contributed by atoms with E-state index in [4.69, 9.17) is 10.5 Å². The lowest BCUT2D eigenvalue weighted by atomic mass is 10.1. The molecule has 2 N–H and O–H groups in total. The third-order valence-corrected chi connectivity index (χ3v) is 3.03. The zero-order valence-electron chi connectivity index (χ0n) is 11.3. The van der Waals surface area contributed by atoms with Crippen molar-refractivity contribution in [1.82, 2.24) is 9.78 Å². The average molecular weight is 245 g/mol. The minimum Gasteiger partial charge on any atom is -0.439 e. The van der Waals surface area contributed by atoms with Gasteiger partial charge in [-0.3, -0.25) is 0 Å². The second kappa shape index (κ2) is 4.82. The van der Waals surface area contributed by atoms with Crippen molar-refractivity contribution >= 4 is 0 Å². The lowest BCUT2D eigenvalue weighted by Gasteiger charge is -2.10. The van der Waals surface area contributed by atoms with E-state index >= 15 is 0 Å². The molecule has 4 heteroatoms. The molecule has 0 unspecified atom stereocenters. The van der Waals surface area contributed by atoms with Crippen molar-refractivity contribution in [2.24, 2.45) is 12.8 Å². The molecular weight excluding hydrogens is 226 g/mol. The van der Waals surface area contributed by atoms with Crippen LogP contribution in [0.5, 0.6) is 11.6 Å². The summed E-state index contributed by atoms with van der Waals surface area (Å²) in [6.45, 7) is 6.47. The third kappa shape index (κ3) is 2.24. The van der Waals surface area contributed by atoms with E-state index in [0.29, 0.717) is 6.54 Å². The molecule has 18 heavy (non-hydrogen) atoms. The van der Waals surface area contributed by atoms with Crippen LogP contribution in [-0.2, 0) is 13.6 Å². The number of hydrogen-bond donors (Lipinski definition) is 1. The maximum atomic E-state index is 5.96. The Kier molecular flexibility index (Phi) is 3.39. The average Bonchev–Trinajstić information content (AvgIpc) is 2.57. The van der Waals surface area contributed by atoms with Crippen LogP contribution in [0.25, 0.3) is 0 Å². The summed E-state index contributed by atoms with van der Waals surface area (Å²) >= 11 is 0. The number of hydrogen-bond acceptors (Lipinski definition) is 3. The van der Waals surface area contributed by atoms with Gasteiger partial charge in [0.15, 0.2) is 0 Å². The first-order chi connectivity index (χ1) is 8.52. The number of benzene rings is 1. The smallest absolute Gasteiger partial charge is 0.222 e. The molecule has 0 spiro atoms. The highest BCUT2D eigenvalue weighted by Gasteiger charge is 2.14. The summed E-state index contributed by atoms with van der Waals surface area (Å²) in [6, 6.07) is 6.11. The molecule has 0 amide bonds. The van der Waals surface area contributed by atoms with Crippen LogP contribution in [0.1, 0.15) is 22.4 Å². The molecule has 0 saturated carbocycles. The second-order valence-electron chi connectivity index (χ2n) is 4.57. The lowest BCUT2D eigenvalue weighted by molar-refractivity contribution is 0.423. The van der Waals surface area contributed by atoms with Crippen molar-refractivity contribution in [2.75, 3.05) is 0 Å². The van der Waals surface area contributed by atoms with Gasteiger partial charge in [0.2, 0.25) is 5.88 Å². The van der Waals surface area contributed by atoms with Gasteiger partial charge in [0, 0.05) is 13.6 Å². The standard InChI is InChI=1S/C14H19N3O/c1-9-5-6-13(10(2)7-9)18-14-12(8-15)11(3)16-17(14)4/h5-7H,8,15H2,1-4H3. The predicted molar refractivity (Wildman–Crippen MR) is 71.8 cm³/mol. The van der Waals surface area contributed by atoms with Gasteiger partial charge < -0.3 is 10.5 Å². The fourth-order valence-electron chi connectivity index (χ4n) is 2.06. The van der Waals surface area contributed by atoms with E-state index < -0.39 is 0 Å². The Balaban J connectivity index is 2.39. The SMILES string of the molecule is Cc1ccc(Oc2c(CN)c(C)nn2C)c(C)c1. The molecule has 0 aliphatic heterocycles. The summed E-state index contributed by atoms with van der Waals surface area (Å²) in [6.07, 6.45) is 0. The zero-order chi connectivity index (χ0) is 13.3. The molecule has 0 radical (unpaired) electrons. The molecule has 0 aliphatic carbocycles. The van der Waals surface area contributed by atoms with Crippen LogP contribution >= 0.6 is 0 Å². The Morgan fingerprint density at radius 2 is 2.00 bits per heavy atom. The van der Waals surface area contributed by atoms with Gasteiger partial charge in [0.25, 0.3) is 0 Å². The minimum absolute atomic E-state index is 0.430. The number of aryl methyl sites for hydroxylation is 4. The number of nitrogens with two attached hydrogens (primary N) is 1. The van der Waals surface area contributed by atoms with Crippen molar-refractivity contribution < 1.29 is 4.74 Å². The molecule has 1 heterocycles. The van der Waals surface area contributed by atoms with E-state index in [-0.39, 0.29) is 0 Å². The van der Waals surface area contributed by atoms with Gasteiger partial charge in [-0.25, -0.2) is 4.68 Å². The van der Waals surface area contributed by atoms with Crippen LogP contribution in [-0.4, -0.2) is 9.78 Å². The van der Waals surface area contributed by atoms with Crippen molar-refractivity contribution in [2.45, 2.75) is 27.3 Å². The Morgan fingerprint density at radius 1 is 1.28 bits per heavy atom. The Hall–Kier alpha value is -1.81. The fraction of sp³-hybridized carbons (Fsp3) is 0.357. The summed E-state index contributed by atoms with van der Waals surface area (Å²) in [4.78, 5) is 0. The van der Waals surface area contributed by atoms with Gasteiger partial charge in [-0.1, -0.05) is 17.7 Å². The Morgan fingerprint density at radius 3 is 2.61 bits per heavy atom. The van der Waals surface area contributed by atoms with E-state index in [2.05, 4.69) is 18.1 Å². The molecular formula is C14H19N3O. The molecule has 0 bridgehead atoms. The van der Waals surface area contributed by atoms with Crippen LogP contribution in [0.4, 0.5) is 0 Å². The van der Waals surface area contributed by atoms with Crippen LogP contribution in [0.2, 0.25) is 0 Å². The highest BCUT2D eigenvalue weighted by molar-refractivity contribution is 5.40. The van der Waals surface area contributed by atoms with Crippen LogP contribution in [0, 0.1) is 20.8 Å². The Labute approximate surface area is 107 Å². The van der Waals surface area contributed by atoms with Crippen molar-refractivity contribution in [3.8, 4) is 11.6 Å². The molecule has 1 aromatic heterocycles. The van der Waals surface area contributed by atoms with Crippen molar-refractivity contribution in [1.29, 1.82) is 0 Å². The molecule has 4 nitrogen and oxygen atoms in total. The van der Waals surface area contributed by atoms with E-state index in [0.717, 1.165) is 28.5 Å². The van der Waals surface area contributed by atoms with E-state index in [1.165, 1.54) is 5.56 Å².